The number of amides is 1. The molecule has 0 saturated carbocycles. The van der Waals surface area contributed by atoms with Crippen LogP contribution in [0.1, 0.15) is 12.8 Å². The van der Waals surface area contributed by atoms with Crippen molar-refractivity contribution in [1.29, 1.82) is 0 Å². The van der Waals surface area contributed by atoms with E-state index >= 15 is 0 Å². The average molecular weight is 399 g/mol. The lowest BCUT2D eigenvalue weighted by Gasteiger charge is -2.18. The molecule has 144 valence electrons. The fourth-order valence-electron chi connectivity index (χ4n) is 3.33. The van der Waals surface area contributed by atoms with Crippen molar-refractivity contribution >= 4 is 28.4 Å². The zero-order valence-electron chi connectivity index (χ0n) is 15.1. The Morgan fingerprint density at radius 3 is 3.00 bits per heavy atom. The molecule has 28 heavy (non-hydrogen) atoms. The van der Waals surface area contributed by atoms with Gasteiger partial charge in [-0.1, -0.05) is 23.7 Å². The van der Waals surface area contributed by atoms with Crippen molar-refractivity contribution in [3.63, 3.8) is 0 Å². The summed E-state index contributed by atoms with van der Waals surface area (Å²) in [7, 11) is 0. The van der Waals surface area contributed by atoms with Crippen LogP contribution in [-0.4, -0.2) is 44.5 Å². The van der Waals surface area contributed by atoms with Crippen LogP contribution in [0.3, 0.4) is 0 Å². The molecule has 4 rings (SSSR count). The molecule has 1 aliphatic rings. The number of aryl methyl sites for hydroxylation is 1. The predicted octanol–water partition coefficient (Wildman–Crippen LogP) is 2.51. The number of rotatable bonds is 5. The molecule has 8 heteroatoms. The van der Waals surface area contributed by atoms with Crippen LogP contribution in [-0.2, 0) is 11.3 Å². The molecule has 0 spiro atoms. The fourth-order valence-corrected chi connectivity index (χ4v) is 3.49. The molecule has 1 fully saturated rings. The van der Waals surface area contributed by atoms with Crippen LogP contribution in [0.25, 0.3) is 10.9 Å². The number of halogens is 1. The summed E-state index contributed by atoms with van der Waals surface area (Å²) in [6, 6.07) is 8.90. The van der Waals surface area contributed by atoms with Gasteiger partial charge in [-0.25, -0.2) is 4.98 Å². The summed E-state index contributed by atoms with van der Waals surface area (Å²) >= 11 is 6.07. The average Bonchev–Trinajstić information content (AvgIpc) is 3.18. The molecular weight excluding hydrogens is 380 g/mol. The number of likely N-dealkylation sites (tertiary alicyclic amines) is 1. The van der Waals surface area contributed by atoms with Gasteiger partial charge in [0.15, 0.2) is 0 Å². The molecular formula is C20H19ClN4O3. The zero-order valence-corrected chi connectivity index (χ0v) is 15.9. The summed E-state index contributed by atoms with van der Waals surface area (Å²) in [6.45, 7) is 1.42. The van der Waals surface area contributed by atoms with Crippen LogP contribution in [0.2, 0.25) is 5.02 Å². The van der Waals surface area contributed by atoms with Gasteiger partial charge in [-0.2, -0.15) is 0 Å². The summed E-state index contributed by atoms with van der Waals surface area (Å²) in [6.07, 6.45) is 5.52. The Kier molecular flexibility index (Phi) is 5.25. The first-order valence-corrected chi connectivity index (χ1v) is 9.48. The molecule has 1 aromatic carbocycles. The topological polar surface area (TPSA) is 77.3 Å². The Balaban J connectivity index is 1.35. The Bertz CT molecular complexity index is 1070. The van der Waals surface area contributed by atoms with E-state index in [1.165, 1.54) is 17.1 Å². The highest BCUT2D eigenvalue weighted by molar-refractivity contribution is 6.31. The number of hydrogen-bond acceptors (Lipinski definition) is 5. The van der Waals surface area contributed by atoms with Gasteiger partial charge in [0.05, 0.1) is 23.8 Å². The van der Waals surface area contributed by atoms with Crippen molar-refractivity contribution in [3.05, 3.63) is 64.4 Å². The summed E-state index contributed by atoms with van der Waals surface area (Å²) in [5.41, 5.74) is 0.526. The minimum Gasteiger partial charge on any atom is -0.487 e. The molecule has 2 aromatic heterocycles. The number of pyridine rings is 1. The first-order chi connectivity index (χ1) is 13.6. The van der Waals surface area contributed by atoms with E-state index < -0.39 is 0 Å². The van der Waals surface area contributed by atoms with Crippen molar-refractivity contribution in [2.24, 2.45) is 0 Å². The Hall–Kier alpha value is -2.93. The molecule has 7 nitrogen and oxygen atoms in total. The highest BCUT2D eigenvalue weighted by Gasteiger charge is 2.27. The van der Waals surface area contributed by atoms with Gasteiger partial charge < -0.3 is 9.64 Å². The lowest BCUT2D eigenvalue weighted by Crippen LogP contribution is -2.32. The third-order valence-electron chi connectivity index (χ3n) is 4.82. The van der Waals surface area contributed by atoms with Crippen LogP contribution >= 0.6 is 11.6 Å². The van der Waals surface area contributed by atoms with Crippen LogP contribution in [0, 0.1) is 0 Å². The third-order valence-corrected chi connectivity index (χ3v) is 5.11. The lowest BCUT2D eigenvalue weighted by atomic mass is 10.2. The second-order valence-electron chi connectivity index (χ2n) is 6.68. The summed E-state index contributed by atoms with van der Waals surface area (Å²) in [4.78, 5) is 35.0. The third kappa shape index (κ3) is 3.84. The van der Waals surface area contributed by atoms with Gasteiger partial charge in [0.25, 0.3) is 5.56 Å². The van der Waals surface area contributed by atoms with Crippen molar-refractivity contribution < 1.29 is 9.53 Å². The van der Waals surface area contributed by atoms with Gasteiger partial charge in [-0.05, 0) is 12.1 Å². The van der Waals surface area contributed by atoms with E-state index in [1.807, 2.05) is 6.07 Å². The molecule has 1 atom stereocenters. The number of hydrogen-bond donors (Lipinski definition) is 0. The Labute approximate surface area is 166 Å². The van der Waals surface area contributed by atoms with E-state index in [9.17, 15) is 9.59 Å². The van der Waals surface area contributed by atoms with E-state index in [4.69, 9.17) is 16.3 Å². The van der Waals surface area contributed by atoms with Crippen molar-refractivity contribution in [1.82, 2.24) is 19.4 Å². The van der Waals surface area contributed by atoms with Crippen LogP contribution in [0.4, 0.5) is 0 Å². The lowest BCUT2D eigenvalue weighted by molar-refractivity contribution is -0.130. The van der Waals surface area contributed by atoms with E-state index in [1.54, 1.807) is 35.4 Å². The normalized spacial score (nSPS) is 16.5. The number of nitrogens with zero attached hydrogens (tertiary/aromatic N) is 4. The molecule has 1 aliphatic heterocycles. The Morgan fingerprint density at radius 2 is 2.14 bits per heavy atom. The number of carbonyl (C=O) groups is 1. The number of para-hydroxylation sites is 1. The van der Waals surface area contributed by atoms with Gasteiger partial charge in [0.1, 0.15) is 16.9 Å². The quantitative estimate of drug-likeness (QED) is 0.660. The first kappa shape index (κ1) is 18.4. The van der Waals surface area contributed by atoms with E-state index in [2.05, 4.69) is 9.97 Å². The minimum atomic E-state index is -0.131. The van der Waals surface area contributed by atoms with Gasteiger partial charge >= 0.3 is 0 Å². The van der Waals surface area contributed by atoms with Crippen LogP contribution in [0.5, 0.6) is 5.75 Å². The van der Waals surface area contributed by atoms with Gasteiger partial charge in [0, 0.05) is 44.4 Å². The monoisotopic (exact) mass is 398 g/mol. The molecule has 1 amide bonds. The smallest absolute Gasteiger partial charge is 0.261 e. The number of fused-ring (bicyclic) bond motifs is 1. The maximum absolute atomic E-state index is 12.6. The number of ether oxygens (including phenoxy) is 1. The summed E-state index contributed by atoms with van der Waals surface area (Å²) < 4.78 is 7.37. The van der Waals surface area contributed by atoms with Crippen molar-refractivity contribution in [2.75, 3.05) is 13.1 Å². The van der Waals surface area contributed by atoms with Crippen LogP contribution < -0.4 is 10.3 Å². The highest BCUT2D eigenvalue weighted by Crippen LogP contribution is 2.25. The summed E-state index contributed by atoms with van der Waals surface area (Å²) in [5, 5.41) is 1.01. The SMILES string of the molecule is O=C(CCn1cnc2ccccc2c1=O)N1CCC(Oc2ccncc2Cl)C1. The molecule has 1 unspecified atom stereocenters. The second-order valence-corrected chi connectivity index (χ2v) is 7.09. The standard InChI is InChI=1S/C20H19ClN4O3/c21-16-11-22-8-5-18(16)28-14-6-9-24(12-14)19(26)7-10-25-13-23-17-4-2-1-3-15(17)20(25)27/h1-5,8,11,13-14H,6-7,9-10,12H2. The molecule has 0 N–H and O–H groups in total. The number of benzene rings is 1. The van der Waals surface area contributed by atoms with E-state index in [0.29, 0.717) is 41.3 Å². The number of aromatic nitrogens is 3. The van der Waals surface area contributed by atoms with Gasteiger partial charge in [-0.3, -0.25) is 19.1 Å². The molecule has 3 aromatic rings. The van der Waals surface area contributed by atoms with E-state index in [0.717, 1.165) is 6.42 Å². The maximum Gasteiger partial charge on any atom is 0.261 e. The highest BCUT2D eigenvalue weighted by atomic mass is 35.5. The molecule has 3 heterocycles. The molecule has 0 radical (unpaired) electrons. The van der Waals surface area contributed by atoms with E-state index in [-0.39, 0.29) is 24.0 Å². The largest absolute Gasteiger partial charge is 0.487 e. The molecule has 1 saturated heterocycles. The van der Waals surface area contributed by atoms with Crippen molar-refractivity contribution in [3.8, 4) is 5.75 Å². The Morgan fingerprint density at radius 1 is 1.29 bits per heavy atom. The van der Waals surface area contributed by atoms with Crippen molar-refractivity contribution in [2.45, 2.75) is 25.5 Å². The van der Waals surface area contributed by atoms with Crippen LogP contribution in [0.15, 0.2) is 53.8 Å². The maximum atomic E-state index is 12.6. The summed E-state index contributed by atoms with van der Waals surface area (Å²) in [5.74, 6) is 0.566. The predicted molar refractivity (Wildman–Crippen MR) is 105 cm³/mol. The second kappa shape index (κ2) is 7.98. The fraction of sp³-hybridized carbons (Fsp3) is 0.300. The van der Waals surface area contributed by atoms with Gasteiger partial charge in [0.2, 0.25) is 5.91 Å². The molecule has 0 aliphatic carbocycles. The van der Waals surface area contributed by atoms with Gasteiger partial charge in [-0.15, -0.1) is 0 Å². The zero-order chi connectivity index (χ0) is 19.5. The number of carbonyl (C=O) groups excluding carboxylic acids is 1. The minimum absolute atomic E-state index is 0.00742. The molecule has 0 bridgehead atoms. The first-order valence-electron chi connectivity index (χ1n) is 9.10.